The molecule has 0 amide bonds. The largest absolute Gasteiger partial charge is 0.394 e. The Kier molecular flexibility index (Phi) is 3.63. The van der Waals surface area contributed by atoms with Gasteiger partial charge >= 0.3 is 0 Å². The van der Waals surface area contributed by atoms with Crippen molar-refractivity contribution in [1.29, 1.82) is 0 Å². The molecule has 0 radical (unpaired) electrons. The molecule has 1 rings (SSSR count). The molecular formula is C8H18NO4+. The minimum atomic E-state index is -0.587. The Morgan fingerprint density at radius 3 is 2.62 bits per heavy atom. The number of rotatable bonds is 2. The molecule has 5 heteroatoms. The lowest BCUT2D eigenvalue weighted by Crippen LogP contribution is -2.76. The molecule has 5 unspecified atom stereocenters. The molecule has 0 aromatic rings. The van der Waals surface area contributed by atoms with E-state index in [1.807, 2.05) is 6.92 Å². The van der Waals surface area contributed by atoms with Crippen molar-refractivity contribution in [2.45, 2.75) is 31.5 Å². The van der Waals surface area contributed by atoms with E-state index >= 15 is 0 Å². The summed E-state index contributed by atoms with van der Waals surface area (Å²) in [6.07, 6.45) is -1.47. The minimum absolute atomic E-state index is 0.106. The fraction of sp³-hybridized carbons (Fsp3) is 1.00. The predicted octanol–water partition coefficient (Wildman–Crippen LogP) is -2.04. The van der Waals surface area contributed by atoms with E-state index in [1.165, 1.54) is 7.11 Å². The normalized spacial score (nSPS) is 46.4. The van der Waals surface area contributed by atoms with E-state index in [1.54, 1.807) is 0 Å². The van der Waals surface area contributed by atoms with Crippen LogP contribution in [-0.2, 0) is 9.47 Å². The van der Waals surface area contributed by atoms with Crippen LogP contribution in [0, 0.1) is 5.92 Å². The molecule has 13 heavy (non-hydrogen) atoms. The zero-order valence-electron chi connectivity index (χ0n) is 8.01. The zero-order chi connectivity index (χ0) is 10.0. The summed E-state index contributed by atoms with van der Waals surface area (Å²) in [6.45, 7) is 1.72. The first-order valence-electron chi connectivity index (χ1n) is 4.42. The van der Waals surface area contributed by atoms with Crippen molar-refractivity contribution in [3.05, 3.63) is 0 Å². The summed E-state index contributed by atoms with van der Waals surface area (Å²) in [5.74, 6) is -0.112. The van der Waals surface area contributed by atoms with Crippen LogP contribution in [-0.4, -0.2) is 48.5 Å². The first-order chi connectivity index (χ1) is 6.11. The summed E-state index contributed by atoms with van der Waals surface area (Å²) in [6, 6.07) is -0.303. The third-order valence-corrected chi connectivity index (χ3v) is 2.63. The van der Waals surface area contributed by atoms with Crippen LogP contribution in [0.15, 0.2) is 0 Å². The van der Waals surface area contributed by atoms with Crippen LogP contribution in [0.5, 0.6) is 0 Å². The fourth-order valence-electron chi connectivity index (χ4n) is 1.61. The average molecular weight is 192 g/mol. The third kappa shape index (κ3) is 2.00. The predicted molar refractivity (Wildman–Crippen MR) is 44.6 cm³/mol. The van der Waals surface area contributed by atoms with Crippen LogP contribution >= 0.6 is 0 Å². The van der Waals surface area contributed by atoms with E-state index < -0.39 is 12.4 Å². The summed E-state index contributed by atoms with van der Waals surface area (Å²) in [5.41, 5.74) is 3.77. The Bertz CT molecular complexity index is 146. The van der Waals surface area contributed by atoms with Gasteiger partial charge in [-0.3, -0.25) is 0 Å². The molecule has 5 N–H and O–H groups in total. The number of aliphatic hydroxyl groups excluding tert-OH is 2. The Labute approximate surface area is 77.4 Å². The summed E-state index contributed by atoms with van der Waals surface area (Å²) in [4.78, 5) is 0. The van der Waals surface area contributed by atoms with Gasteiger partial charge in [-0.1, -0.05) is 6.92 Å². The second-order valence-electron chi connectivity index (χ2n) is 3.47. The maximum Gasteiger partial charge on any atom is 0.213 e. The van der Waals surface area contributed by atoms with Crippen LogP contribution in [0.1, 0.15) is 6.92 Å². The molecule has 0 bridgehead atoms. The van der Waals surface area contributed by atoms with Crippen molar-refractivity contribution in [2.75, 3.05) is 13.7 Å². The molecule has 0 spiro atoms. The molecule has 0 aliphatic carbocycles. The molecule has 1 fully saturated rings. The monoisotopic (exact) mass is 192 g/mol. The molecule has 0 aromatic carbocycles. The smallest absolute Gasteiger partial charge is 0.213 e. The highest BCUT2D eigenvalue weighted by Gasteiger charge is 2.43. The fourth-order valence-corrected chi connectivity index (χ4v) is 1.61. The van der Waals surface area contributed by atoms with Crippen molar-refractivity contribution >= 4 is 0 Å². The number of quaternary nitrogens is 1. The number of methoxy groups -OCH3 is 1. The SMILES string of the molecule is COC1OC(CO)C(C)C(O)C1[NH3+]. The summed E-state index contributed by atoms with van der Waals surface area (Å²) in [5, 5.41) is 18.7. The highest BCUT2D eigenvalue weighted by atomic mass is 16.7. The van der Waals surface area contributed by atoms with E-state index in [4.69, 9.17) is 14.6 Å². The maximum atomic E-state index is 9.72. The average Bonchev–Trinajstić information content (AvgIpc) is 2.15. The van der Waals surface area contributed by atoms with Gasteiger partial charge in [-0.05, 0) is 0 Å². The van der Waals surface area contributed by atoms with E-state index in [-0.39, 0.29) is 24.7 Å². The topological polar surface area (TPSA) is 86.6 Å². The zero-order valence-corrected chi connectivity index (χ0v) is 8.01. The maximum absolute atomic E-state index is 9.72. The molecule has 1 aliphatic heterocycles. The Balaban J connectivity index is 2.66. The second kappa shape index (κ2) is 4.34. The lowest BCUT2D eigenvalue weighted by molar-refractivity contribution is -0.497. The molecular weight excluding hydrogens is 174 g/mol. The Morgan fingerprint density at radius 1 is 1.54 bits per heavy atom. The molecule has 5 nitrogen and oxygen atoms in total. The molecule has 1 heterocycles. The number of hydrogen-bond acceptors (Lipinski definition) is 4. The number of aliphatic hydroxyl groups is 2. The number of hydrogen-bond donors (Lipinski definition) is 3. The Hall–Kier alpha value is -0.200. The minimum Gasteiger partial charge on any atom is -0.394 e. The van der Waals surface area contributed by atoms with Crippen molar-refractivity contribution < 1.29 is 25.4 Å². The lowest BCUT2D eigenvalue weighted by atomic mass is 9.90. The quantitative estimate of drug-likeness (QED) is 0.470. The number of ether oxygens (including phenoxy) is 2. The standard InChI is InChI=1S/C8H17NO4/c1-4-5(3-10)13-8(12-2)6(9)7(4)11/h4-8,10-11H,3,9H2,1-2H3/p+1. The van der Waals surface area contributed by atoms with Gasteiger partial charge in [0.15, 0.2) is 6.04 Å². The second-order valence-corrected chi connectivity index (χ2v) is 3.47. The van der Waals surface area contributed by atoms with Gasteiger partial charge in [0.25, 0.3) is 0 Å². The third-order valence-electron chi connectivity index (χ3n) is 2.63. The lowest BCUT2D eigenvalue weighted by Gasteiger charge is -2.38. The van der Waals surface area contributed by atoms with Gasteiger partial charge in [-0.15, -0.1) is 0 Å². The molecule has 78 valence electrons. The van der Waals surface area contributed by atoms with E-state index in [0.29, 0.717) is 0 Å². The first-order valence-corrected chi connectivity index (χ1v) is 4.42. The van der Waals surface area contributed by atoms with E-state index in [0.717, 1.165) is 0 Å². The molecule has 1 aliphatic rings. The van der Waals surface area contributed by atoms with Crippen molar-refractivity contribution in [2.24, 2.45) is 5.92 Å². The van der Waals surface area contributed by atoms with Crippen molar-refractivity contribution in [1.82, 2.24) is 0 Å². The van der Waals surface area contributed by atoms with Gasteiger partial charge in [0, 0.05) is 13.0 Å². The summed E-state index contributed by atoms with van der Waals surface area (Å²) >= 11 is 0. The highest BCUT2D eigenvalue weighted by Crippen LogP contribution is 2.23. The van der Waals surface area contributed by atoms with Crippen LogP contribution in [0.3, 0.4) is 0 Å². The van der Waals surface area contributed by atoms with Gasteiger partial charge in [-0.2, -0.15) is 0 Å². The summed E-state index contributed by atoms with van der Waals surface area (Å²) in [7, 11) is 1.50. The van der Waals surface area contributed by atoms with Crippen LogP contribution < -0.4 is 5.73 Å². The van der Waals surface area contributed by atoms with E-state index in [9.17, 15) is 5.11 Å². The van der Waals surface area contributed by atoms with Gasteiger partial charge < -0.3 is 25.4 Å². The van der Waals surface area contributed by atoms with Gasteiger partial charge in [0.1, 0.15) is 6.10 Å². The van der Waals surface area contributed by atoms with Gasteiger partial charge in [-0.25, -0.2) is 0 Å². The Morgan fingerprint density at radius 2 is 2.15 bits per heavy atom. The first kappa shape index (κ1) is 10.9. The van der Waals surface area contributed by atoms with Crippen molar-refractivity contribution in [3.8, 4) is 0 Å². The van der Waals surface area contributed by atoms with Gasteiger partial charge in [0.05, 0.1) is 12.7 Å². The van der Waals surface area contributed by atoms with E-state index in [2.05, 4.69) is 5.73 Å². The van der Waals surface area contributed by atoms with Gasteiger partial charge in [0.2, 0.25) is 6.29 Å². The van der Waals surface area contributed by atoms with Crippen molar-refractivity contribution in [3.63, 3.8) is 0 Å². The van der Waals surface area contributed by atoms with Crippen LogP contribution in [0.25, 0.3) is 0 Å². The highest BCUT2D eigenvalue weighted by molar-refractivity contribution is 4.85. The molecule has 1 saturated heterocycles. The van der Waals surface area contributed by atoms with Crippen LogP contribution in [0.4, 0.5) is 0 Å². The summed E-state index contributed by atoms with van der Waals surface area (Å²) < 4.78 is 10.4. The molecule has 0 saturated carbocycles. The van der Waals surface area contributed by atoms with Crippen LogP contribution in [0.2, 0.25) is 0 Å². The molecule has 0 aromatic heterocycles. The molecule has 5 atom stereocenters.